The van der Waals surface area contributed by atoms with Crippen LogP contribution in [-0.2, 0) is 0 Å². The smallest absolute Gasteiger partial charge is 0.0113 e. The number of rotatable bonds is 7. The Hall–Kier alpha value is -0.120. The number of hydrogen-bond donors (Lipinski definition) is 1. The first-order valence-electron chi connectivity index (χ1n) is 6.76. The summed E-state index contributed by atoms with van der Waals surface area (Å²) < 4.78 is 0. The molecule has 0 bridgehead atoms. The highest BCUT2D eigenvalue weighted by atomic mass is 15.2. The number of nitrogens with one attached hydrogen (secondary N) is 1. The molecule has 1 N–H and O–H groups in total. The molecule has 1 heterocycles. The van der Waals surface area contributed by atoms with E-state index in [9.17, 15) is 0 Å². The van der Waals surface area contributed by atoms with Crippen LogP contribution < -0.4 is 5.32 Å². The number of hydrogen-bond acceptors (Lipinski definition) is 3. The molecule has 1 aliphatic rings. The fraction of sp³-hybridized carbons (Fsp3) is 1.00. The Labute approximate surface area is 101 Å². The van der Waals surface area contributed by atoms with Gasteiger partial charge in [0.2, 0.25) is 0 Å². The van der Waals surface area contributed by atoms with Gasteiger partial charge in [-0.25, -0.2) is 0 Å². The van der Waals surface area contributed by atoms with Gasteiger partial charge in [-0.1, -0.05) is 6.92 Å². The van der Waals surface area contributed by atoms with Gasteiger partial charge in [-0.3, -0.25) is 4.90 Å². The van der Waals surface area contributed by atoms with Crippen LogP contribution in [0.2, 0.25) is 0 Å². The fourth-order valence-corrected chi connectivity index (χ4v) is 2.60. The molecule has 3 heteroatoms. The van der Waals surface area contributed by atoms with Gasteiger partial charge in [0.25, 0.3) is 0 Å². The number of nitrogens with zero attached hydrogens (tertiary/aromatic N) is 2. The number of likely N-dealkylation sites (tertiary alicyclic amines) is 1. The van der Waals surface area contributed by atoms with Gasteiger partial charge in [0.15, 0.2) is 0 Å². The van der Waals surface area contributed by atoms with Crippen molar-refractivity contribution in [3.05, 3.63) is 0 Å². The molecular formula is C13H29N3. The Morgan fingerprint density at radius 3 is 2.62 bits per heavy atom. The molecule has 1 fully saturated rings. The van der Waals surface area contributed by atoms with Crippen LogP contribution in [0.1, 0.15) is 33.1 Å². The minimum absolute atomic E-state index is 0.792. The van der Waals surface area contributed by atoms with Crippen molar-refractivity contribution in [1.29, 1.82) is 0 Å². The summed E-state index contributed by atoms with van der Waals surface area (Å²) in [5.74, 6) is 0. The van der Waals surface area contributed by atoms with Crippen LogP contribution in [0.3, 0.4) is 0 Å². The minimum Gasteiger partial charge on any atom is -0.314 e. The van der Waals surface area contributed by atoms with Crippen molar-refractivity contribution in [2.24, 2.45) is 0 Å². The van der Waals surface area contributed by atoms with Crippen LogP contribution in [0.4, 0.5) is 0 Å². The van der Waals surface area contributed by atoms with Gasteiger partial charge in [-0.05, 0) is 40.3 Å². The van der Waals surface area contributed by atoms with E-state index in [4.69, 9.17) is 0 Å². The fourth-order valence-electron chi connectivity index (χ4n) is 2.60. The number of likely N-dealkylation sites (N-methyl/N-ethyl adjacent to an activating group) is 1. The third kappa shape index (κ3) is 4.40. The SMILES string of the molecule is CCC1CCC(C)N1CCNCCN(C)C. The maximum absolute atomic E-state index is 3.53. The molecule has 0 aromatic carbocycles. The van der Waals surface area contributed by atoms with Crippen LogP contribution in [0, 0.1) is 0 Å². The molecule has 1 rings (SSSR count). The van der Waals surface area contributed by atoms with Crippen LogP contribution in [-0.4, -0.2) is 62.2 Å². The van der Waals surface area contributed by atoms with E-state index in [1.54, 1.807) is 0 Å². The molecule has 0 spiro atoms. The maximum Gasteiger partial charge on any atom is 0.0113 e. The summed E-state index contributed by atoms with van der Waals surface area (Å²) in [6, 6.07) is 1.63. The van der Waals surface area contributed by atoms with E-state index in [2.05, 4.69) is 43.1 Å². The molecule has 0 saturated carbocycles. The summed E-state index contributed by atoms with van der Waals surface area (Å²) in [6.07, 6.45) is 4.09. The van der Waals surface area contributed by atoms with Crippen molar-refractivity contribution in [3.8, 4) is 0 Å². The third-order valence-electron chi connectivity index (χ3n) is 3.71. The molecule has 2 unspecified atom stereocenters. The van der Waals surface area contributed by atoms with Gasteiger partial charge in [0.05, 0.1) is 0 Å². The van der Waals surface area contributed by atoms with Crippen molar-refractivity contribution < 1.29 is 0 Å². The summed E-state index contributed by atoms with van der Waals surface area (Å²) in [7, 11) is 4.24. The van der Waals surface area contributed by atoms with Gasteiger partial charge in [0.1, 0.15) is 0 Å². The second-order valence-electron chi connectivity index (χ2n) is 5.28. The van der Waals surface area contributed by atoms with E-state index in [-0.39, 0.29) is 0 Å². The van der Waals surface area contributed by atoms with E-state index >= 15 is 0 Å². The van der Waals surface area contributed by atoms with Crippen LogP contribution >= 0.6 is 0 Å². The zero-order chi connectivity index (χ0) is 12.0. The molecule has 16 heavy (non-hydrogen) atoms. The summed E-state index contributed by atoms with van der Waals surface area (Å²) in [5, 5.41) is 3.53. The Morgan fingerprint density at radius 1 is 1.25 bits per heavy atom. The first-order chi connectivity index (χ1) is 7.65. The second kappa shape index (κ2) is 7.25. The molecule has 96 valence electrons. The highest BCUT2D eigenvalue weighted by Gasteiger charge is 2.28. The lowest BCUT2D eigenvalue weighted by Crippen LogP contribution is -2.40. The summed E-state index contributed by atoms with van der Waals surface area (Å²) in [4.78, 5) is 4.91. The van der Waals surface area contributed by atoms with Crippen molar-refractivity contribution in [1.82, 2.24) is 15.1 Å². The lowest BCUT2D eigenvalue weighted by Gasteiger charge is -2.27. The Bertz CT molecular complexity index is 182. The topological polar surface area (TPSA) is 18.5 Å². The predicted molar refractivity (Wildman–Crippen MR) is 70.9 cm³/mol. The van der Waals surface area contributed by atoms with Crippen molar-refractivity contribution in [2.45, 2.75) is 45.2 Å². The first-order valence-corrected chi connectivity index (χ1v) is 6.76. The van der Waals surface area contributed by atoms with Crippen molar-refractivity contribution in [3.63, 3.8) is 0 Å². The van der Waals surface area contributed by atoms with Gasteiger partial charge in [0, 0.05) is 38.3 Å². The van der Waals surface area contributed by atoms with Gasteiger partial charge >= 0.3 is 0 Å². The highest BCUT2D eigenvalue weighted by molar-refractivity contribution is 4.84. The monoisotopic (exact) mass is 227 g/mol. The van der Waals surface area contributed by atoms with Crippen LogP contribution in [0.25, 0.3) is 0 Å². The molecular weight excluding hydrogens is 198 g/mol. The molecule has 0 aliphatic carbocycles. The zero-order valence-electron chi connectivity index (χ0n) is 11.5. The van der Waals surface area contributed by atoms with Crippen molar-refractivity contribution >= 4 is 0 Å². The largest absolute Gasteiger partial charge is 0.314 e. The van der Waals surface area contributed by atoms with Gasteiger partial charge in [-0.15, -0.1) is 0 Å². The Kier molecular flexibility index (Phi) is 6.32. The average molecular weight is 227 g/mol. The van der Waals surface area contributed by atoms with Crippen molar-refractivity contribution in [2.75, 3.05) is 40.3 Å². The summed E-state index contributed by atoms with van der Waals surface area (Å²) >= 11 is 0. The van der Waals surface area contributed by atoms with E-state index in [0.717, 1.165) is 31.7 Å². The molecule has 0 aromatic heterocycles. The first kappa shape index (κ1) is 13.9. The third-order valence-corrected chi connectivity index (χ3v) is 3.71. The Balaban J connectivity index is 2.11. The summed E-state index contributed by atoms with van der Waals surface area (Å²) in [6.45, 7) is 9.27. The van der Waals surface area contributed by atoms with Gasteiger partial charge < -0.3 is 10.2 Å². The standard InChI is InChI=1S/C13H29N3/c1-5-13-7-6-12(2)16(13)11-9-14-8-10-15(3)4/h12-14H,5-11H2,1-4H3. The van der Waals surface area contributed by atoms with E-state index in [0.29, 0.717) is 0 Å². The molecule has 1 saturated heterocycles. The quantitative estimate of drug-likeness (QED) is 0.663. The zero-order valence-corrected chi connectivity index (χ0v) is 11.5. The van der Waals surface area contributed by atoms with Gasteiger partial charge in [-0.2, -0.15) is 0 Å². The van der Waals surface area contributed by atoms with Crippen LogP contribution in [0.5, 0.6) is 0 Å². The van der Waals surface area contributed by atoms with E-state index in [1.807, 2.05) is 0 Å². The maximum atomic E-state index is 3.53. The minimum atomic E-state index is 0.792. The molecule has 3 nitrogen and oxygen atoms in total. The van der Waals surface area contributed by atoms with E-state index < -0.39 is 0 Å². The summed E-state index contributed by atoms with van der Waals surface area (Å²) in [5.41, 5.74) is 0. The normalized spacial score (nSPS) is 26.8. The van der Waals surface area contributed by atoms with E-state index in [1.165, 1.54) is 25.8 Å². The molecule has 0 amide bonds. The molecule has 1 aliphatic heterocycles. The second-order valence-corrected chi connectivity index (χ2v) is 5.28. The molecule has 0 radical (unpaired) electrons. The Morgan fingerprint density at radius 2 is 2.00 bits per heavy atom. The highest BCUT2D eigenvalue weighted by Crippen LogP contribution is 2.24. The predicted octanol–water partition coefficient (Wildman–Crippen LogP) is 1.40. The lowest BCUT2D eigenvalue weighted by molar-refractivity contribution is 0.198. The lowest BCUT2D eigenvalue weighted by atomic mass is 10.1. The molecule has 0 aromatic rings. The average Bonchev–Trinajstić information content (AvgIpc) is 2.59. The van der Waals surface area contributed by atoms with Crippen LogP contribution in [0.15, 0.2) is 0 Å². The molecule has 2 atom stereocenters.